The molecule has 0 fully saturated rings. The molecule has 0 bridgehead atoms. The summed E-state index contributed by atoms with van der Waals surface area (Å²) in [7, 11) is -1.35. The minimum Gasteiger partial charge on any atom is -0.237 e. The molecule has 0 aromatic heterocycles. The summed E-state index contributed by atoms with van der Waals surface area (Å²) in [6.07, 6.45) is 0. The van der Waals surface area contributed by atoms with Crippen molar-refractivity contribution in [3.05, 3.63) is 29.3 Å². The first kappa shape index (κ1) is 16.3. The number of halogens is 1. The van der Waals surface area contributed by atoms with E-state index in [9.17, 15) is 4.21 Å². The van der Waals surface area contributed by atoms with Crippen LogP contribution in [0, 0.1) is 0 Å². The van der Waals surface area contributed by atoms with Crippen LogP contribution < -0.4 is 4.72 Å². The molecular formula is C13H20ClN3OS. The number of rotatable bonds is 4. The maximum atomic E-state index is 12.2. The second-order valence-electron chi connectivity index (χ2n) is 5.75. The van der Waals surface area contributed by atoms with Crippen LogP contribution in [0.4, 0.5) is 0 Å². The molecule has 0 spiro atoms. The van der Waals surface area contributed by atoms with Crippen LogP contribution in [0.3, 0.4) is 0 Å². The molecule has 4 nitrogen and oxygen atoms in total. The molecule has 1 unspecified atom stereocenters. The zero-order valence-electron chi connectivity index (χ0n) is 11.9. The Bertz CT molecular complexity index is 478. The Morgan fingerprint density at radius 1 is 1.05 bits per heavy atom. The van der Waals surface area contributed by atoms with Crippen molar-refractivity contribution in [1.82, 2.24) is 4.72 Å². The molecule has 6 heteroatoms. The fraction of sp³-hybridized carbons (Fsp3) is 0.538. The molecule has 1 rings (SSSR count). The fourth-order valence-corrected chi connectivity index (χ4v) is 2.26. The Morgan fingerprint density at radius 2 is 1.58 bits per heavy atom. The van der Waals surface area contributed by atoms with E-state index < -0.39 is 16.6 Å². The number of benzene rings is 1. The molecule has 19 heavy (non-hydrogen) atoms. The Kier molecular flexibility index (Phi) is 5.24. The highest BCUT2D eigenvalue weighted by atomic mass is 35.5. The van der Waals surface area contributed by atoms with Gasteiger partial charge in [0.1, 0.15) is 16.6 Å². The summed E-state index contributed by atoms with van der Waals surface area (Å²) in [6, 6.07) is 6.87. The van der Waals surface area contributed by atoms with Crippen molar-refractivity contribution in [2.75, 3.05) is 0 Å². The van der Waals surface area contributed by atoms with Gasteiger partial charge in [0, 0.05) is 5.02 Å². The standard InChI is InChI=1S/C13H20ClN3OS/c1-12(2,3)15-16-13(4,5)17-19(18)11-8-6-10(14)7-9-11/h6-9,17H,1-5H3. The lowest BCUT2D eigenvalue weighted by Crippen LogP contribution is -2.38. The van der Waals surface area contributed by atoms with Gasteiger partial charge < -0.3 is 0 Å². The summed E-state index contributed by atoms with van der Waals surface area (Å²) >= 11 is 5.80. The molecule has 1 N–H and O–H groups in total. The van der Waals surface area contributed by atoms with Crippen LogP contribution >= 0.6 is 11.6 Å². The van der Waals surface area contributed by atoms with E-state index in [1.807, 2.05) is 34.6 Å². The summed E-state index contributed by atoms with van der Waals surface area (Å²) < 4.78 is 15.1. The van der Waals surface area contributed by atoms with E-state index in [4.69, 9.17) is 11.6 Å². The summed E-state index contributed by atoms with van der Waals surface area (Å²) in [5, 5.41) is 9.02. The van der Waals surface area contributed by atoms with Crippen molar-refractivity contribution in [3.63, 3.8) is 0 Å². The second-order valence-corrected chi connectivity index (χ2v) is 7.40. The molecule has 1 aromatic carbocycles. The van der Waals surface area contributed by atoms with Gasteiger partial charge in [0.05, 0.1) is 10.4 Å². The third-order valence-corrected chi connectivity index (χ3v) is 3.61. The molecule has 106 valence electrons. The number of nitrogens with one attached hydrogen (secondary N) is 1. The van der Waals surface area contributed by atoms with Gasteiger partial charge in [0.15, 0.2) is 0 Å². The van der Waals surface area contributed by atoms with Crippen molar-refractivity contribution in [1.29, 1.82) is 0 Å². The molecule has 0 saturated heterocycles. The molecule has 0 aliphatic heterocycles. The van der Waals surface area contributed by atoms with Crippen LogP contribution in [0.1, 0.15) is 34.6 Å². The molecule has 0 amide bonds. The Labute approximate surface area is 122 Å². The number of nitrogens with zero attached hydrogens (tertiary/aromatic N) is 2. The van der Waals surface area contributed by atoms with Gasteiger partial charge >= 0.3 is 0 Å². The third kappa shape index (κ3) is 6.27. The molecule has 1 atom stereocenters. The average Bonchev–Trinajstić information content (AvgIpc) is 2.26. The van der Waals surface area contributed by atoms with Gasteiger partial charge in [-0.1, -0.05) is 11.6 Å². The lowest BCUT2D eigenvalue weighted by Gasteiger charge is -2.21. The molecule has 0 radical (unpaired) electrons. The number of azo groups is 1. The highest BCUT2D eigenvalue weighted by Crippen LogP contribution is 2.16. The Hall–Kier alpha value is -0.780. The summed E-state index contributed by atoms with van der Waals surface area (Å²) in [5.74, 6) is 0. The van der Waals surface area contributed by atoms with Crippen molar-refractivity contribution in [2.24, 2.45) is 10.2 Å². The highest BCUT2D eigenvalue weighted by molar-refractivity contribution is 7.83. The topological polar surface area (TPSA) is 53.8 Å². The zero-order chi connectivity index (χ0) is 14.7. The SMILES string of the molecule is CC(C)(C)N=NC(C)(C)NS(=O)c1ccc(Cl)cc1. The second kappa shape index (κ2) is 6.11. The first-order valence-corrected chi connectivity index (χ1v) is 7.51. The third-order valence-electron chi connectivity index (χ3n) is 1.97. The van der Waals surface area contributed by atoms with Crippen LogP contribution in [0.15, 0.2) is 39.4 Å². The molecule has 0 aliphatic rings. The van der Waals surface area contributed by atoms with E-state index in [0.717, 1.165) is 0 Å². The maximum Gasteiger partial charge on any atom is 0.136 e. The van der Waals surface area contributed by atoms with E-state index >= 15 is 0 Å². The fourth-order valence-electron chi connectivity index (χ4n) is 1.14. The Morgan fingerprint density at radius 3 is 2.05 bits per heavy atom. The average molecular weight is 302 g/mol. The molecular weight excluding hydrogens is 282 g/mol. The normalized spacial score (nSPS) is 14.8. The van der Waals surface area contributed by atoms with Gasteiger partial charge in [-0.05, 0) is 58.9 Å². The summed E-state index contributed by atoms with van der Waals surface area (Å²) in [5.41, 5.74) is -0.946. The summed E-state index contributed by atoms with van der Waals surface area (Å²) in [6.45, 7) is 9.54. The largest absolute Gasteiger partial charge is 0.237 e. The lowest BCUT2D eigenvalue weighted by atomic mass is 10.1. The van der Waals surface area contributed by atoms with E-state index in [1.165, 1.54) is 0 Å². The highest BCUT2D eigenvalue weighted by Gasteiger charge is 2.21. The van der Waals surface area contributed by atoms with Gasteiger partial charge in [0.25, 0.3) is 0 Å². The van der Waals surface area contributed by atoms with Gasteiger partial charge in [-0.3, -0.25) is 0 Å². The van der Waals surface area contributed by atoms with E-state index in [0.29, 0.717) is 9.92 Å². The van der Waals surface area contributed by atoms with Crippen molar-refractivity contribution >= 4 is 22.6 Å². The molecule has 0 saturated carbocycles. The first-order chi connectivity index (χ1) is 8.59. The van der Waals surface area contributed by atoms with Gasteiger partial charge in [-0.2, -0.15) is 10.2 Å². The minimum absolute atomic E-state index is 0.249. The molecule has 0 heterocycles. The number of hydrogen-bond acceptors (Lipinski definition) is 3. The monoisotopic (exact) mass is 301 g/mol. The van der Waals surface area contributed by atoms with Crippen LogP contribution in [-0.2, 0) is 11.0 Å². The van der Waals surface area contributed by atoms with E-state index in [1.54, 1.807) is 24.3 Å². The zero-order valence-corrected chi connectivity index (χ0v) is 13.5. The minimum atomic E-state index is -1.35. The van der Waals surface area contributed by atoms with Gasteiger partial charge in [-0.15, -0.1) is 0 Å². The maximum absolute atomic E-state index is 12.2. The van der Waals surface area contributed by atoms with Crippen molar-refractivity contribution in [3.8, 4) is 0 Å². The smallest absolute Gasteiger partial charge is 0.136 e. The Balaban J connectivity index is 2.75. The predicted molar refractivity (Wildman–Crippen MR) is 79.7 cm³/mol. The van der Waals surface area contributed by atoms with Crippen molar-refractivity contribution < 1.29 is 4.21 Å². The predicted octanol–water partition coefficient (Wildman–Crippen LogP) is 3.94. The lowest BCUT2D eigenvalue weighted by molar-refractivity contribution is 0.423. The van der Waals surface area contributed by atoms with E-state index in [-0.39, 0.29) is 5.54 Å². The molecule has 0 aliphatic carbocycles. The first-order valence-electron chi connectivity index (χ1n) is 5.98. The van der Waals surface area contributed by atoms with E-state index in [2.05, 4.69) is 15.0 Å². The van der Waals surface area contributed by atoms with Crippen LogP contribution in [-0.4, -0.2) is 15.4 Å². The van der Waals surface area contributed by atoms with Crippen molar-refractivity contribution in [2.45, 2.75) is 50.7 Å². The molecule has 1 aromatic rings. The van der Waals surface area contributed by atoms with Crippen LogP contribution in [0.25, 0.3) is 0 Å². The van der Waals surface area contributed by atoms with Gasteiger partial charge in [0.2, 0.25) is 0 Å². The summed E-state index contributed by atoms with van der Waals surface area (Å²) in [4.78, 5) is 0.656. The number of hydrogen-bond donors (Lipinski definition) is 1. The van der Waals surface area contributed by atoms with Gasteiger partial charge in [-0.25, -0.2) is 8.93 Å². The quantitative estimate of drug-likeness (QED) is 0.841. The van der Waals surface area contributed by atoms with Crippen LogP contribution in [0.2, 0.25) is 5.02 Å². The van der Waals surface area contributed by atoms with Crippen LogP contribution in [0.5, 0.6) is 0 Å².